The lowest BCUT2D eigenvalue weighted by molar-refractivity contribution is -0.123. The van der Waals surface area contributed by atoms with E-state index >= 15 is 0 Å². The van der Waals surface area contributed by atoms with Gasteiger partial charge in [-0.05, 0) is 54.2 Å². The van der Waals surface area contributed by atoms with E-state index in [4.69, 9.17) is 21.7 Å². The van der Waals surface area contributed by atoms with Gasteiger partial charge in [0, 0.05) is 5.56 Å². The van der Waals surface area contributed by atoms with Crippen LogP contribution >= 0.6 is 24.0 Å². The fourth-order valence-corrected chi connectivity index (χ4v) is 3.66. The molecule has 1 heterocycles. The number of carbonyl (C=O) groups is 2. The van der Waals surface area contributed by atoms with Gasteiger partial charge in [0.25, 0.3) is 11.8 Å². The summed E-state index contributed by atoms with van der Waals surface area (Å²) < 4.78 is 10.2. The van der Waals surface area contributed by atoms with Crippen molar-refractivity contribution >= 4 is 46.2 Å². The van der Waals surface area contributed by atoms with E-state index in [-0.39, 0.29) is 32.9 Å². The van der Waals surface area contributed by atoms with E-state index in [9.17, 15) is 19.8 Å². The first kappa shape index (κ1) is 20.5. The van der Waals surface area contributed by atoms with Crippen molar-refractivity contribution in [1.29, 1.82) is 0 Å². The summed E-state index contributed by atoms with van der Waals surface area (Å²) in [6.07, 6.45) is 1.58. The maximum Gasteiger partial charge on any atom is 0.285 e. The number of nitrogens with one attached hydrogen (secondary N) is 1. The maximum atomic E-state index is 12.7. The number of phenols is 2. The normalized spacial score (nSPS) is 15.0. The number of methoxy groups -OCH3 is 2. The largest absolute Gasteiger partial charge is 0.504 e. The van der Waals surface area contributed by atoms with E-state index in [1.54, 1.807) is 18.2 Å². The minimum Gasteiger partial charge on any atom is -0.504 e. The molecule has 2 aromatic rings. The van der Waals surface area contributed by atoms with Gasteiger partial charge < -0.3 is 19.7 Å². The number of hydrogen-bond acceptors (Lipinski definition) is 8. The van der Waals surface area contributed by atoms with E-state index in [1.165, 1.54) is 38.5 Å². The predicted octanol–water partition coefficient (Wildman–Crippen LogP) is 2.66. The summed E-state index contributed by atoms with van der Waals surface area (Å²) >= 11 is 6.23. The van der Waals surface area contributed by atoms with Crippen molar-refractivity contribution < 1.29 is 29.3 Å². The Morgan fingerprint density at radius 3 is 2.38 bits per heavy atom. The van der Waals surface area contributed by atoms with Gasteiger partial charge in [0.15, 0.2) is 27.3 Å². The van der Waals surface area contributed by atoms with Gasteiger partial charge in [-0.25, -0.2) is 0 Å². The average molecular weight is 432 g/mol. The number of hydrogen-bond donors (Lipinski definition) is 3. The summed E-state index contributed by atoms with van der Waals surface area (Å²) in [6.45, 7) is 0. The number of rotatable bonds is 5. The Balaban J connectivity index is 1.79. The smallest absolute Gasteiger partial charge is 0.285 e. The van der Waals surface area contributed by atoms with Crippen molar-refractivity contribution in [1.82, 2.24) is 10.4 Å². The molecule has 0 bridgehead atoms. The number of hydrazine groups is 1. The zero-order valence-electron chi connectivity index (χ0n) is 15.3. The molecule has 1 saturated heterocycles. The van der Waals surface area contributed by atoms with Crippen LogP contribution in [0.5, 0.6) is 23.0 Å². The van der Waals surface area contributed by atoms with E-state index in [0.29, 0.717) is 10.5 Å². The van der Waals surface area contributed by atoms with Crippen molar-refractivity contribution in [2.45, 2.75) is 0 Å². The van der Waals surface area contributed by atoms with E-state index in [0.717, 1.165) is 16.8 Å². The molecule has 0 unspecified atom stereocenters. The Hall–Kier alpha value is -3.24. The number of thioether (sulfide) groups is 1. The SMILES string of the molecule is COc1cc(C=C2SC(=S)N(NC(=O)c3ccc(O)c(OC)c3)C2=O)ccc1O. The lowest BCUT2D eigenvalue weighted by atomic mass is 10.2. The van der Waals surface area contributed by atoms with Crippen molar-refractivity contribution in [3.63, 3.8) is 0 Å². The van der Waals surface area contributed by atoms with Gasteiger partial charge in [0.1, 0.15) is 0 Å². The number of carbonyl (C=O) groups excluding carboxylic acids is 2. The first-order chi connectivity index (χ1) is 13.8. The van der Waals surface area contributed by atoms with Gasteiger partial charge in [-0.2, -0.15) is 5.01 Å². The Kier molecular flexibility index (Phi) is 5.95. The third-order valence-corrected chi connectivity index (χ3v) is 5.25. The molecule has 2 aromatic carbocycles. The Morgan fingerprint density at radius 2 is 1.72 bits per heavy atom. The average Bonchev–Trinajstić information content (AvgIpc) is 2.97. The fraction of sp³-hybridized carbons (Fsp3) is 0.105. The standard InChI is InChI=1S/C19H16N2O6S2/c1-26-14-7-10(3-5-12(14)22)8-16-18(25)21(19(28)29-16)20-17(24)11-4-6-13(23)15(9-11)27-2/h3-9,22-23H,1-2H3,(H,20,24). The second kappa shape index (κ2) is 8.41. The van der Waals surface area contributed by atoms with Gasteiger partial charge in [-0.3, -0.25) is 15.0 Å². The fourth-order valence-electron chi connectivity index (χ4n) is 2.48. The van der Waals surface area contributed by atoms with Crippen LogP contribution in [0.25, 0.3) is 6.08 Å². The summed E-state index contributed by atoms with van der Waals surface area (Å²) in [7, 11) is 2.79. The molecule has 150 valence electrons. The molecule has 3 N–H and O–H groups in total. The maximum absolute atomic E-state index is 12.7. The molecule has 0 atom stereocenters. The van der Waals surface area contributed by atoms with Crippen LogP contribution in [-0.2, 0) is 4.79 Å². The molecule has 8 nitrogen and oxygen atoms in total. The first-order valence-corrected chi connectivity index (χ1v) is 9.39. The summed E-state index contributed by atoms with van der Waals surface area (Å²) in [5.74, 6) is -0.818. The number of amides is 2. The molecule has 1 fully saturated rings. The summed E-state index contributed by atoms with van der Waals surface area (Å²) in [4.78, 5) is 25.5. The molecular weight excluding hydrogens is 416 g/mol. The van der Waals surface area contributed by atoms with Crippen LogP contribution in [-0.4, -0.2) is 45.6 Å². The summed E-state index contributed by atoms with van der Waals surface area (Å²) in [6, 6.07) is 8.70. The molecule has 0 aliphatic carbocycles. The second-order valence-electron chi connectivity index (χ2n) is 5.78. The van der Waals surface area contributed by atoms with Gasteiger partial charge in [0.05, 0.1) is 19.1 Å². The van der Waals surface area contributed by atoms with E-state index in [1.807, 2.05) is 0 Å². The molecule has 10 heteroatoms. The highest BCUT2D eigenvalue weighted by molar-refractivity contribution is 8.26. The Morgan fingerprint density at radius 1 is 1.10 bits per heavy atom. The predicted molar refractivity (Wildman–Crippen MR) is 112 cm³/mol. The molecule has 0 aromatic heterocycles. The molecule has 29 heavy (non-hydrogen) atoms. The van der Waals surface area contributed by atoms with Gasteiger partial charge in [0.2, 0.25) is 0 Å². The molecule has 0 spiro atoms. The third kappa shape index (κ3) is 4.28. The number of aromatic hydroxyl groups is 2. The van der Waals surface area contributed by atoms with Crippen LogP contribution in [0.4, 0.5) is 0 Å². The summed E-state index contributed by atoms with van der Waals surface area (Å²) in [5, 5.41) is 20.3. The van der Waals surface area contributed by atoms with Crippen molar-refractivity contribution in [2.24, 2.45) is 0 Å². The first-order valence-electron chi connectivity index (χ1n) is 8.17. The zero-order valence-corrected chi connectivity index (χ0v) is 17.0. The van der Waals surface area contributed by atoms with Crippen LogP contribution < -0.4 is 14.9 Å². The lowest BCUT2D eigenvalue weighted by Gasteiger charge is -2.16. The van der Waals surface area contributed by atoms with Crippen molar-refractivity contribution in [2.75, 3.05) is 14.2 Å². The number of phenolic OH excluding ortho intramolecular Hbond substituents is 2. The highest BCUT2D eigenvalue weighted by Crippen LogP contribution is 2.34. The minimum absolute atomic E-state index is 0.0196. The summed E-state index contributed by atoms with van der Waals surface area (Å²) in [5.41, 5.74) is 3.25. The molecule has 1 aliphatic heterocycles. The molecule has 1 aliphatic rings. The van der Waals surface area contributed by atoms with Crippen LogP contribution in [0.1, 0.15) is 15.9 Å². The van der Waals surface area contributed by atoms with Gasteiger partial charge in [-0.15, -0.1) is 0 Å². The van der Waals surface area contributed by atoms with Crippen molar-refractivity contribution in [3.8, 4) is 23.0 Å². The monoisotopic (exact) mass is 432 g/mol. The van der Waals surface area contributed by atoms with Crippen LogP contribution in [0, 0.1) is 0 Å². The zero-order chi connectivity index (χ0) is 21.1. The van der Waals surface area contributed by atoms with Crippen molar-refractivity contribution in [3.05, 3.63) is 52.4 Å². The van der Waals surface area contributed by atoms with Crippen LogP contribution in [0.3, 0.4) is 0 Å². The number of benzene rings is 2. The molecule has 0 saturated carbocycles. The number of thiocarbonyl (C=S) groups is 1. The van der Waals surface area contributed by atoms with Crippen LogP contribution in [0.15, 0.2) is 41.3 Å². The lowest BCUT2D eigenvalue weighted by Crippen LogP contribution is -2.44. The third-order valence-electron chi connectivity index (χ3n) is 3.95. The molecular formula is C19H16N2O6S2. The molecule has 3 rings (SSSR count). The number of nitrogens with zero attached hydrogens (tertiary/aromatic N) is 1. The topological polar surface area (TPSA) is 108 Å². The Labute approximate surface area is 175 Å². The molecule has 2 amide bonds. The second-order valence-corrected chi connectivity index (χ2v) is 7.45. The van der Waals surface area contributed by atoms with Crippen LogP contribution in [0.2, 0.25) is 0 Å². The number of ether oxygens (including phenoxy) is 2. The highest BCUT2D eigenvalue weighted by atomic mass is 32.2. The molecule has 0 radical (unpaired) electrons. The minimum atomic E-state index is -0.591. The van der Waals surface area contributed by atoms with Gasteiger partial charge >= 0.3 is 0 Å². The van der Waals surface area contributed by atoms with E-state index < -0.39 is 11.8 Å². The van der Waals surface area contributed by atoms with E-state index in [2.05, 4.69) is 5.43 Å². The van der Waals surface area contributed by atoms with Gasteiger partial charge in [-0.1, -0.05) is 17.8 Å². The quantitative estimate of drug-likeness (QED) is 0.489. The Bertz CT molecular complexity index is 1040. The highest BCUT2D eigenvalue weighted by Gasteiger charge is 2.34.